The van der Waals surface area contributed by atoms with Crippen molar-refractivity contribution < 1.29 is 23.8 Å². The van der Waals surface area contributed by atoms with Crippen LogP contribution in [0.1, 0.15) is 30.9 Å². The fraction of sp³-hybridized carbons (Fsp3) is 0.452. The summed E-state index contributed by atoms with van der Waals surface area (Å²) in [6.07, 6.45) is 6.74. The molecule has 2 fully saturated rings. The number of ether oxygens (including phenoxy) is 1. The topological polar surface area (TPSA) is 145 Å². The van der Waals surface area contributed by atoms with Gasteiger partial charge in [-0.2, -0.15) is 4.39 Å². The highest BCUT2D eigenvalue weighted by Gasteiger charge is 2.30. The summed E-state index contributed by atoms with van der Waals surface area (Å²) in [4.78, 5) is 40.7. The number of halogens is 1. The number of pyridine rings is 1. The molecule has 3 aromatic rings. The molecule has 2 aliphatic rings. The number of morpholine rings is 1. The molecule has 0 radical (unpaired) electrons. The van der Waals surface area contributed by atoms with Crippen LogP contribution in [0.4, 0.5) is 26.5 Å². The number of rotatable bonds is 11. The van der Waals surface area contributed by atoms with E-state index in [0.29, 0.717) is 51.6 Å². The number of piperidine rings is 1. The number of carboxylic acids is 1. The minimum Gasteiger partial charge on any atom is -0.480 e. The summed E-state index contributed by atoms with van der Waals surface area (Å²) in [5.74, 6) is -0.999. The van der Waals surface area contributed by atoms with Crippen molar-refractivity contribution >= 4 is 29.3 Å². The van der Waals surface area contributed by atoms with Gasteiger partial charge in [0.1, 0.15) is 12.4 Å². The van der Waals surface area contributed by atoms with Crippen LogP contribution in [-0.4, -0.2) is 88.4 Å². The fourth-order valence-electron chi connectivity index (χ4n) is 5.60. The molecule has 2 amide bonds. The lowest BCUT2D eigenvalue weighted by molar-refractivity contribution is -0.139. The van der Waals surface area contributed by atoms with Gasteiger partial charge in [-0.3, -0.25) is 9.78 Å². The van der Waals surface area contributed by atoms with Crippen molar-refractivity contribution in [3.63, 3.8) is 0 Å². The highest BCUT2D eigenvalue weighted by atomic mass is 19.1. The number of nitrogens with zero attached hydrogens (tertiary/aromatic N) is 5. The number of hydrogen-bond donors (Lipinski definition) is 4. The number of carbonyl (C=O) groups is 2. The Morgan fingerprint density at radius 3 is 2.64 bits per heavy atom. The number of carbonyl (C=O) groups excluding carboxylic acids is 1. The summed E-state index contributed by atoms with van der Waals surface area (Å²) >= 11 is 0. The molecule has 12 nitrogen and oxygen atoms in total. The smallest absolute Gasteiger partial charge is 0.321 e. The molecular weight excluding hydrogens is 567 g/mol. The second-order valence-corrected chi connectivity index (χ2v) is 11.2. The summed E-state index contributed by atoms with van der Waals surface area (Å²) < 4.78 is 20.8. The van der Waals surface area contributed by atoms with E-state index in [-0.39, 0.29) is 36.0 Å². The maximum Gasteiger partial charge on any atom is 0.321 e. The number of aromatic nitrogens is 3. The van der Waals surface area contributed by atoms with Crippen molar-refractivity contribution in [1.82, 2.24) is 25.2 Å². The van der Waals surface area contributed by atoms with Gasteiger partial charge in [0.05, 0.1) is 13.2 Å². The number of carboxylic acid groups (broad SMARTS) is 1. The maximum absolute atomic E-state index is 15.5. The van der Waals surface area contributed by atoms with Crippen molar-refractivity contribution in [2.24, 2.45) is 5.92 Å². The largest absolute Gasteiger partial charge is 0.480 e. The third-order valence-electron chi connectivity index (χ3n) is 8.12. The van der Waals surface area contributed by atoms with Crippen molar-refractivity contribution in [3.8, 4) is 0 Å². The number of urea groups is 1. The van der Waals surface area contributed by atoms with E-state index in [4.69, 9.17) is 4.74 Å². The van der Waals surface area contributed by atoms with E-state index in [9.17, 15) is 14.7 Å². The van der Waals surface area contributed by atoms with E-state index in [2.05, 4.69) is 30.9 Å². The molecule has 4 heterocycles. The average molecular weight is 607 g/mol. The quantitative estimate of drug-likeness (QED) is 0.256. The van der Waals surface area contributed by atoms with Crippen LogP contribution in [0.2, 0.25) is 0 Å². The lowest BCUT2D eigenvalue weighted by Gasteiger charge is -2.37. The Bertz CT molecular complexity index is 1390. The molecule has 0 spiro atoms. The van der Waals surface area contributed by atoms with Crippen LogP contribution >= 0.6 is 0 Å². The zero-order valence-corrected chi connectivity index (χ0v) is 24.8. The first-order valence-electron chi connectivity index (χ1n) is 15.0. The van der Waals surface area contributed by atoms with Gasteiger partial charge >= 0.3 is 12.0 Å². The average Bonchev–Trinajstić information content (AvgIpc) is 3.05. The van der Waals surface area contributed by atoms with E-state index in [1.165, 1.54) is 6.33 Å². The van der Waals surface area contributed by atoms with Crippen molar-refractivity contribution in [3.05, 3.63) is 72.1 Å². The molecule has 0 saturated carbocycles. The second kappa shape index (κ2) is 14.9. The van der Waals surface area contributed by atoms with Gasteiger partial charge < -0.3 is 35.6 Å². The highest BCUT2D eigenvalue weighted by Crippen LogP contribution is 2.28. The van der Waals surface area contributed by atoms with E-state index < -0.39 is 17.8 Å². The van der Waals surface area contributed by atoms with E-state index in [0.717, 1.165) is 24.0 Å². The Hall–Kier alpha value is -4.36. The number of hydrogen-bond acceptors (Lipinski definition) is 9. The third kappa shape index (κ3) is 8.17. The van der Waals surface area contributed by atoms with Crippen molar-refractivity contribution in [2.45, 2.75) is 44.8 Å². The van der Waals surface area contributed by atoms with Crippen LogP contribution in [0, 0.1) is 11.7 Å². The second-order valence-electron chi connectivity index (χ2n) is 11.2. The van der Waals surface area contributed by atoms with Crippen LogP contribution in [0.3, 0.4) is 0 Å². The molecule has 5 rings (SSSR count). The van der Waals surface area contributed by atoms with E-state index in [1.54, 1.807) is 29.4 Å². The third-order valence-corrected chi connectivity index (χ3v) is 8.12. The van der Waals surface area contributed by atoms with Crippen LogP contribution in [0.5, 0.6) is 0 Å². The molecule has 4 N–H and O–H groups in total. The summed E-state index contributed by atoms with van der Waals surface area (Å²) in [7, 11) is 0. The molecule has 2 aromatic heterocycles. The van der Waals surface area contributed by atoms with Crippen LogP contribution < -0.4 is 20.9 Å². The van der Waals surface area contributed by atoms with Gasteiger partial charge in [0.25, 0.3) is 0 Å². The minimum absolute atomic E-state index is 0.0875. The zero-order chi connectivity index (χ0) is 30.9. The van der Waals surface area contributed by atoms with Crippen LogP contribution in [0.15, 0.2) is 55.1 Å². The van der Waals surface area contributed by atoms with Gasteiger partial charge in [-0.15, -0.1) is 0 Å². The van der Waals surface area contributed by atoms with Gasteiger partial charge in [-0.05, 0) is 61.4 Å². The Balaban J connectivity index is 1.16. The summed E-state index contributed by atoms with van der Waals surface area (Å²) in [5, 5.41) is 19.2. The molecule has 2 unspecified atom stereocenters. The van der Waals surface area contributed by atoms with E-state index in [1.807, 2.05) is 36.1 Å². The number of nitrogens with one attached hydrogen (secondary N) is 3. The SMILES string of the molecule is CC(N[C@@H](Cc1ccc(NC(=O)N2CCOCC2)cc1)C(=O)O)C1CCCN(c2ncnc(NCc3cccnc3)c2F)C1. The molecule has 234 valence electrons. The summed E-state index contributed by atoms with van der Waals surface area (Å²) in [6, 6.07) is 9.82. The first kappa shape index (κ1) is 31.1. The molecule has 2 saturated heterocycles. The number of aliphatic carboxylic acids is 1. The predicted molar refractivity (Wildman–Crippen MR) is 164 cm³/mol. The molecule has 44 heavy (non-hydrogen) atoms. The van der Waals surface area contributed by atoms with Crippen LogP contribution in [-0.2, 0) is 22.5 Å². The predicted octanol–water partition coefficient (Wildman–Crippen LogP) is 3.38. The molecule has 3 atom stereocenters. The van der Waals surface area contributed by atoms with Gasteiger partial charge in [0.2, 0.25) is 5.82 Å². The lowest BCUT2D eigenvalue weighted by Crippen LogP contribution is -2.50. The molecule has 2 aliphatic heterocycles. The van der Waals surface area contributed by atoms with Crippen molar-refractivity contribution in [2.75, 3.05) is 54.9 Å². The molecule has 13 heteroatoms. The van der Waals surface area contributed by atoms with Gasteiger partial charge in [-0.1, -0.05) is 18.2 Å². The molecule has 0 bridgehead atoms. The lowest BCUT2D eigenvalue weighted by atomic mass is 9.90. The Morgan fingerprint density at radius 2 is 1.91 bits per heavy atom. The summed E-state index contributed by atoms with van der Waals surface area (Å²) in [5.41, 5.74) is 2.39. The van der Waals surface area contributed by atoms with Crippen molar-refractivity contribution in [1.29, 1.82) is 0 Å². The fourth-order valence-corrected chi connectivity index (χ4v) is 5.60. The first-order chi connectivity index (χ1) is 21.4. The summed E-state index contributed by atoms with van der Waals surface area (Å²) in [6.45, 7) is 5.69. The number of benzene rings is 1. The molecular formula is C31H39FN8O4. The van der Waals surface area contributed by atoms with Crippen LogP contribution in [0.25, 0.3) is 0 Å². The Labute approximate surface area is 256 Å². The minimum atomic E-state index is -0.944. The zero-order valence-electron chi connectivity index (χ0n) is 24.8. The first-order valence-corrected chi connectivity index (χ1v) is 15.0. The maximum atomic E-state index is 15.5. The Kier molecular flexibility index (Phi) is 10.5. The Morgan fingerprint density at radius 1 is 1.11 bits per heavy atom. The molecule has 1 aromatic carbocycles. The highest BCUT2D eigenvalue weighted by molar-refractivity contribution is 5.89. The van der Waals surface area contributed by atoms with Gasteiger partial charge in [-0.25, -0.2) is 14.8 Å². The number of amides is 2. The number of anilines is 3. The standard InChI is InChI=1S/C31H39FN8O4/c1-21(37-26(30(41)42)16-22-6-8-25(9-7-22)38-31(43)39-12-14-44-15-13-39)24-5-3-11-40(19-24)29-27(32)28(35-20-36-29)34-18-23-4-2-10-33-17-23/h2,4,6-10,17,20-21,24,26,37H,3,5,11-16,18-19H2,1H3,(H,38,43)(H,41,42)(H,34,35,36)/t21?,24?,26-/m0/s1. The van der Waals surface area contributed by atoms with E-state index >= 15 is 4.39 Å². The normalized spacial score (nSPS) is 18.4. The van der Waals surface area contributed by atoms with Gasteiger partial charge in [0, 0.05) is 56.8 Å². The van der Waals surface area contributed by atoms with Gasteiger partial charge in [0.15, 0.2) is 11.6 Å². The monoisotopic (exact) mass is 606 g/mol. The molecule has 0 aliphatic carbocycles.